The van der Waals surface area contributed by atoms with Crippen molar-refractivity contribution >= 4 is 40.8 Å². The first-order valence-corrected chi connectivity index (χ1v) is 9.80. The van der Waals surface area contributed by atoms with Crippen LogP contribution in [0.1, 0.15) is 6.92 Å². The van der Waals surface area contributed by atoms with E-state index in [9.17, 15) is 14.4 Å². The monoisotopic (exact) mass is 437 g/mol. The van der Waals surface area contributed by atoms with E-state index in [1.807, 2.05) is 0 Å². The van der Waals surface area contributed by atoms with Crippen LogP contribution < -0.4 is 9.80 Å². The molecule has 0 aromatic heterocycles. The summed E-state index contributed by atoms with van der Waals surface area (Å²) in [5.74, 6) is -1.32. The van der Waals surface area contributed by atoms with Crippen LogP contribution in [0.2, 0.25) is 5.02 Å². The average molecular weight is 438 g/mol. The van der Waals surface area contributed by atoms with Crippen molar-refractivity contribution < 1.29 is 28.6 Å². The van der Waals surface area contributed by atoms with Gasteiger partial charge in [-0.05, 0) is 12.1 Å². The number of methoxy groups -OCH3 is 2. The summed E-state index contributed by atoms with van der Waals surface area (Å²) in [5.41, 5.74) is 1.42. The van der Waals surface area contributed by atoms with E-state index in [0.29, 0.717) is 42.6 Å². The van der Waals surface area contributed by atoms with Gasteiger partial charge in [-0.25, -0.2) is 9.59 Å². The molecule has 0 N–H and O–H groups in total. The predicted molar refractivity (Wildman–Crippen MR) is 110 cm³/mol. The van der Waals surface area contributed by atoms with E-state index in [4.69, 9.17) is 25.8 Å². The molecule has 1 amide bonds. The Morgan fingerprint density at radius 2 is 1.70 bits per heavy atom. The maximum atomic E-state index is 12.6. The van der Waals surface area contributed by atoms with Gasteiger partial charge >= 0.3 is 11.9 Å². The number of halogens is 1. The number of para-hydroxylation sites is 1. The summed E-state index contributed by atoms with van der Waals surface area (Å²) in [6.45, 7) is 3.78. The maximum absolute atomic E-state index is 12.6. The van der Waals surface area contributed by atoms with Crippen molar-refractivity contribution in [2.45, 2.75) is 6.92 Å². The van der Waals surface area contributed by atoms with E-state index >= 15 is 0 Å². The molecule has 2 aliphatic rings. The van der Waals surface area contributed by atoms with Crippen molar-refractivity contribution in [2.24, 2.45) is 0 Å². The quantitative estimate of drug-likeness (QED) is 0.653. The highest BCUT2D eigenvalue weighted by atomic mass is 35.5. The van der Waals surface area contributed by atoms with Crippen LogP contribution in [0.15, 0.2) is 29.5 Å². The second kappa shape index (κ2) is 9.36. The van der Waals surface area contributed by atoms with Crippen LogP contribution in [0.25, 0.3) is 0 Å². The lowest BCUT2D eigenvalue weighted by molar-refractivity contribution is -0.140. The Morgan fingerprint density at radius 1 is 1.03 bits per heavy atom. The number of rotatable bonds is 4. The number of anilines is 2. The van der Waals surface area contributed by atoms with E-state index in [-0.39, 0.29) is 30.5 Å². The van der Waals surface area contributed by atoms with Gasteiger partial charge in [0, 0.05) is 33.1 Å². The zero-order valence-electron chi connectivity index (χ0n) is 17.1. The Balaban J connectivity index is 2.05. The number of amides is 1. The van der Waals surface area contributed by atoms with Crippen LogP contribution in [0.4, 0.5) is 11.4 Å². The summed E-state index contributed by atoms with van der Waals surface area (Å²) in [6.07, 6.45) is 0. The Hall–Kier alpha value is -2.78. The number of hydrogen-bond donors (Lipinski definition) is 0. The fourth-order valence-electron chi connectivity index (χ4n) is 3.61. The molecule has 2 aliphatic heterocycles. The number of carbonyl (C=O) groups excluding carboxylic acids is 3. The van der Waals surface area contributed by atoms with Crippen LogP contribution in [0.3, 0.4) is 0 Å². The minimum absolute atomic E-state index is 0.0251. The first-order chi connectivity index (χ1) is 14.4. The van der Waals surface area contributed by atoms with Gasteiger partial charge in [0.25, 0.3) is 0 Å². The molecule has 30 heavy (non-hydrogen) atoms. The SMILES string of the molecule is COC(=O)C1=C(C(=O)OC)N(c2cccc(Cl)c2N2CCN(C(C)=O)CC2)COC1. The van der Waals surface area contributed by atoms with Crippen molar-refractivity contribution in [3.63, 3.8) is 0 Å². The van der Waals surface area contributed by atoms with Gasteiger partial charge in [0.2, 0.25) is 5.91 Å². The normalized spacial score (nSPS) is 17.1. The smallest absolute Gasteiger partial charge is 0.355 e. The van der Waals surface area contributed by atoms with Crippen molar-refractivity contribution in [3.8, 4) is 0 Å². The Kier molecular flexibility index (Phi) is 6.84. The summed E-state index contributed by atoms with van der Waals surface area (Å²) in [5, 5.41) is 0.484. The third-order valence-corrected chi connectivity index (χ3v) is 5.44. The Bertz CT molecular complexity index is 879. The lowest BCUT2D eigenvalue weighted by Crippen LogP contribution is -2.48. The summed E-state index contributed by atoms with van der Waals surface area (Å²) in [6, 6.07) is 5.31. The Morgan fingerprint density at radius 3 is 2.30 bits per heavy atom. The lowest BCUT2D eigenvalue weighted by atomic mass is 10.1. The lowest BCUT2D eigenvalue weighted by Gasteiger charge is -2.39. The highest BCUT2D eigenvalue weighted by molar-refractivity contribution is 6.34. The molecule has 1 aromatic rings. The van der Waals surface area contributed by atoms with Crippen molar-refractivity contribution in [3.05, 3.63) is 34.5 Å². The second-order valence-corrected chi connectivity index (χ2v) is 7.22. The molecule has 0 saturated carbocycles. The molecule has 0 aliphatic carbocycles. The molecule has 0 radical (unpaired) electrons. The first-order valence-electron chi connectivity index (χ1n) is 9.43. The molecule has 2 heterocycles. The number of esters is 2. The molecule has 1 fully saturated rings. The molecule has 3 rings (SSSR count). The fourth-order valence-corrected chi connectivity index (χ4v) is 3.90. The van der Waals surface area contributed by atoms with Crippen LogP contribution in [-0.2, 0) is 28.6 Å². The number of piperazine rings is 1. The van der Waals surface area contributed by atoms with E-state index < -0.39 is 11.9 Å². The van der Waals surface area contributed by atoms with Crippen LogP contribution in [0, 0.1) is 0 Å². The molecule has 0 unspecified atom stereocenters. The van der Waals surface area contributed by atoms with Gasteiger partial charge in [0.1, 0.15) is 12.4 Å². The zero-order valence-corrected chi connectivity index (χ0v) is 17.9. The number of nitrogens with zero attached hydrogens (tertiary/aromatic N) is 3. The topological polar surface area (TPSA) is 88.6 Å². The van der Waals surface area contributed by atoms with Gasteiger partial charge in [-0.15, -0.1) is 0 Å². The van der Waals surface area contributed by atoms with Gasteiger partial charge in [-0.2, -0.15) is 0 Å². The Labute approximate surface area is 179 Å². The highest BCUT2D eigenvalue weighted by Gasteiger charge is 2.35. The third kappa shape index (κ3) is 4.22. The van der Waals surface area contributed by atoms with E-state index in [1.165, 1.54) is 14.2 Å². The largest absolute Gasteiger partial charge is 0.466 e. The van der Waals surface area contributed by atoms with Crippen LogP contribution in [0.5, 0.6) is 0 Å². The van der Waals surface area contributed by atoms with Gasteiger partial charge in [-0.1, -0.05) is 17.7 Å². The first kappa shape index (κ1) is 21.9. The zero-order chi connectivity index (χ0) is 21.8. The van der Waals surface area contributed by atoms with E-state index in [0.717, 1.165) is 0 Å². The van der Waals surface area contributed by atoms with E-state index in [2.05, 4.69) is 4.90 Å². The molecule has 162 valence electrons. The van der Waals surface area contributed by atoms with Gasteiger partial charge in [0.05, 0.1) is 42.8 Å². The van der Waals surface area contributed by atoms with E-state index in [1.54, 1.807) is 34.9 Å². The molecular formula is C20H24ClN3O6. The fraction of sp³-hybridized carbons (Fsp3) is 0.450. The predicted octanol–water partition coefficient (Wildman–Crippen LogP) is 1.40. The summed E-state index contributed by atoms with van der Waals surface area (Å²) < 4.78 is 15.3. The summed E-state index contributed by atoms with van der Waals surface area (Å²) >= 11 is 6.55. The standard InChI is InChI=1S/C20H24ClN3O6/c1-13(25)22-7-9-23(10-8-22)18-15(21)5-4-6-16(18)24-12-30-11-14(19(26)28-2)17(24)20(27)29-3/h4-6H,7-12H2,1-3H3. The minimum Gasteiger partial charge on any atom is -0.466 e. The maximum Gasteiger partial charge on any atom is 0.355 e. The highest BCUT2D eigenvalue weighted by Crippen LogP contribution is 2.40. The molecule has 0 spiro atoms. The number of ether oxygens (including phenoxy) is 3. The molecule has 1 aromatic carbocycles. The molecule has 0 bridgehead atoms. The van der Waals surface area contributed by atoms with Gasteiger partial charge < -0.3 is 28.9 Å². The number of hydrogen-bond acceptors (Lipinski definition) is 8. The molecule has 9 nitrogen and oxygen atoms in total. The van der Waals surface area contributed by atoms with Crippen LogP contribution >= 0.6 is 11.6 Å². The number of benzene rings is 1. The van der Waals surface area contributed by atoms with Crippen LogP contribution in [-0.4, -0.2) is 76.5 Å². The third-order valence-electron chi connectivity index (χ3n) is 5.13. The summed E-state index contributed by atoms with van der Waals surface area (Å²) in [7, 11) is 2.49. The molecule has 10 heteroatoms. The van der Waals surface area contributed by atoms with Gasteiger partial charge in [0.15, 0.2) is 0 Å². The summed E-state index contributed by atoms with van der Waals surface area (Å²) in [4.78, 5) is 41.9. The molecular weight excluding hydrogens is 414 g/mol. The minimum atomic E-state index is -0.675. The molecule has 0 atom stereocenters. The van der Waals surface area contributed by atoms with Crippen molar-refractivity contribution in [1.29, 1.82) is 0 Å². The number of carbonyl (C=O) groups is 3. The second-order valence-electron chi connectivity index (χ2n) is 6.82. The van der Waals surface area contributed by atoms with Gasteiger partial charge in [-0.3, -0.25) is 4.79 Å². The van der Waals surface area contributed by atoms with Crippen molar-refractivity contribution in [2.75, 3.05) is 63.5 Å². The van der Waals surface area contributed by atoms with Crippen molar-refractivity contribution in [1.82, 2.24) is 4.90 Å². The average Bonchev–Trinajstić information content (AvgIpc) is 2.77. The molecule has 1 saturated heterocycles.